The molecule has 0 amide bonds. The molecule has 0 radical (unpaired) electrons. The summed E-state index contributed by atoms with van der Waals surface area (Å²) in [5.74, 6) is -0.0311. The van der Waals surface area contributed by atoms with Crippen molar-refractivity contribution in [2.24, 2.45) is 0 Å². The van der Waals surface area contributed by atoms with Crippen molar-refractivity contribution in [3.8, 4) is 34.5 Å². The fourth-order valence-corrected chi connectivity index (χ4v) is 4.24. The van der Waals surface area contributed by atoms with Crippen molar-refractivity contribution in [2.45, 2.75) is 0 Å². The van der Waals surface area contributed by atoms with E-state index in [1.54, 1.807) is 72.8 Å². The Morgan fingerprint density at radius 1 is 0.212 bits per heavy atom. The van der Waals surface area contributed by atoms with Crippen LogP contribution in [-0.2, 0) is 18.9 Å². The molecule has 8 rings (SSSR count). The number of hydrogen-bond acceptors (Lipinski definition) is 10. The van der Waals surface area contributed by atoms with E-state index >= 15 is 0 Å². The summed E-state index contributed by atoms with van der Waals surface area (Å²) in [6, 6.07) is 36.1. The van der Waals surface area contributed by atoms with Crippen molar-refractivity contribution >= 4 is 69.6 Å². The molecule has 2 aliphatic rings. The molecular formula is C44H40Cl6K6O10. The summed E-state index contributed by atoms with van der Waals surface area (Å²) in [6.45, 7) is 6.22. The molecule has 0 unspecified atom stereocenters. The Morgan fingerprint density at radius 2 is 0.303 bits per heavy atom. The third kappa shape index (κ3) is 54.3. The molecule has 0 N–H and O–H groups in total. The number of halogens is 6. The van der Waals surface area contributed by atoms with Crippen LogP contribution < -0.4 is 339 Å². The van der Waals surface area contributed by atoms with Gasteiger partial charge in [0.1, 0.15) is 0 Å². The van der Waals surface area contributed by atoms with Gasteiger partial charge in [0, 0.05) is 30.1 Å². The standard InChI is InChI=1S/6C6H5ClO.2C4H8O2.6K/c6*7-5-1-3-6(8)4-2-5;2*1-2-6-4-3-5-1;;;;;;/h6*1-4,8H;2*1-4H2;;;;;;/q;;;;;;;;6*+1/p-6. The zero-order valence-electron chi connectivity index (χ0n) is 37.9. The Balaban J connectivity index is -0.000000154. The third-order valence-corrected chi connectivity index (χ3v) is 7.88. The Hall–Kier alpha value is 5.52. The van der Waals surface area contributed by atoms with Crippen LogP contribution in [0.4, 0.5) is 0 Å². The van der Waals surface area contributed by atoms with Crippen LogP contribution in [0.1, 0.15) is 0 Å². The summed E-state index contributed by atoms with van der Waals surface area (Å²) in [5.41, 5.74) is 0. The summed E-state index contributed by atoms with van der Waals surface area (Å²) in [7, 11) is 0. The molecule has 2 saturated heterocycles. The molecule has 0 aromatic heterocycles. The summed E-state index contributed by atoms with van der Waals surface area (Å²) >= 11 is 32.8. The Labute approximate surface area is 673 Å². The summed E-state index contributed by atoms with van der Waals surface area (Å²) in [6.07, 6.45) is 0. The average Bonchev–Trinajstić information content (AvgIpc) is 3.27. The predicted octanol–water partition coefficient (Wildman–Crippen LogP) is -9.43. The Kier molecular flexibility index (Phi) is 71.2. The molecule has 0 aliphatic carbocycles. The van der Waals surface area contributed by atoms with Gasteiger partial charge >= 0.3 is 308 Å². The number of hydrogen-bond donors (Lipinski definition) is 0. The van der Waals surface area contributed by atoms with E-state index in [4.69, 9.17) is 88.6 Å². The summed E-state index contributed by atoms with van der Waals surface area (Å²) in [4.78, 5) is 0. The SMILES string of the molecule is C1COCCO1.C1COCCO1.[K+].[K+].[K+].[K+].[K+].[K+].[O-]c1ccc(Cl)cc1.[O-]c1ccc(Cl)cc1.[O-]c1ccc(Cl)cc1.[O-]c1ccc(Cl)cc1.[O-]c1ccc(Cl)cc1.[O-]c1ccc(Cl)cc1. The van der Waals surface area contributed by atoms with Gasteiger partial charge in [0.25, 0.3) is 0 Å². The molecule has 66 heavy (non-hydrogen) atoms. The summed E-state index contributed by atoms with van der Waals surface area (Å²) < 4.78 is 19.8. The minimum atomic E-state index is -0.00519. The fraction of sp³-hybridized carbons (Fsp3) is 0.182. The molecule has 0 atom stereocenters. The molecule has 22 heteroatoms. The van der Waals surface area contributed by atoms with Crippen molar-refractivity contribution in [2.75, 3.05) is 52.9 Å². The van der Waals surface area contributed by atoms with Crippen LogP contribution in [0.3, 0.4) is 0 Å². The molecule has 6 aromatic carbocycles. The molecular weight excluding hydrogens is 1140 g/mol. The first-order chi connectivity index (χ1) is 28.7. The second-order valence-corrected chi connectivity index (χ2v) is 13.8. The van der Waals surface area contributed by atoms with E-state index in [9.17, 15) is 30.6 Å². The van der Waals surface area contributed by atoms with E-state index in [1.807, 2.05) is 0 Å². The molecule has 2 fully saturated rings. The van der Waals surface area contributed by atoms with Crippen LogP contribution >= 0.6 is 69.6 Å². The maximum atomic E-state index is 10.4. The largest absolute Gasteiger partial charge is 1.00 e. The van der Waals surface area contributed by atoms with E-state index in [2.05, 4.69) is 0 Å². The second kappa shape index (κ2) is 56.7. The van der Waals surface area contributed by atoms with Gasteiger partial charge in [-0.3, -0.25) is 0 Å². The van der Waals surface area contributed by atoms with Gasteiger partial charge in [-0.2, -0.15) is 0 Å². The molecule has 6 aromatic rings. The number of ether oxygens (including phenoxy) is 4. The normalized spacial score (nSPS) is 11.0. The van der Waals surface area contributed by atoms with Gasteiger partial charge in [0.2, 0.25) is 0 Å². The van der Waals surface area contributed by atoms with Crippen LogP contribution in [0.5, 0.6) is 34.5 Å². The molecule has 0 spiro atoms. The van der Waals surface area contributed by atoms with Gasteiger partial charge in [-0.1, -0.05) is 142 Å². The van der Waals surface area contributed by atoms with Crippen LogP contribution in [0.15, 0.2) is 146 Å². The van der Waals surface area contributed by atoms with Gasteiger partial charge in [-0.15, -0.1) is 34.5 Å². The number of benzene rings is 6. The zero-order chi connectivity index (χ0) is 44.4. The minimum absolute atomic E-state index is 0. The Bertz CT molecular complexity index is 1430. The van der Waals surface area contributed by atoms with Crippen molar-refractivity contribution in [1.82, 2.24) is 0 Å². The van der Waals surface area contributed by atoms with Crippen LogP contribution in [0.2, 0.25) is 30.1 Å². The zero-order valence-corrected chi connectivity index (χ0v) is 61.1. The van der Waals surface area contributed by atoms with E-state index in [0.717, 1.165) is 52.9 Å². The van der Waals surface area contributed by atoms with Crippen molar-refractivity contribution < 1.29 is 358 Å². The van der Waals surface area contributed by atoms with E-state index in [0.29, 0.717) is 30.1 Å². The first kappa shape index (κ1) is 82.9. The van der Waals surface area contributed by atoms with Gasteiger partial charge in [-0.05, 0) is 72.8 Å². The van der Waals surface area contributed by atoms with Gasteiger partial charge < -0.3 is 49.6 Å². The average molecular weight is 1180 g/mol. The maximum Gasteiger partial charge on any atom is 1.00 e. The maximum absolute atomic E-state index is 10.4. The molecule has 0 saturated carbocycles. The van der Waals surface area contributed by atoms with Crippen LogP contribution in [0.25, 0.3) is 0 Å². The van der Waals surface area contributed by atoms with Crippen molar-refractivity contribution in [3.63, 3.8) is 0 Å². The minimum Gasteiger partial charge on any atom is -0.872 e. The second-order valence-electron chi connectivity index (χ2n) is 11.2. The van der Waals surface area contributed by atoms with Crippen molar-refractivity contribution in [1.29, 1.82) is 0 Å². The molecule has 0 bridgehead atoms. The van der Waals surface area contributed by atoms with E-state index in [-0.39, 0.29) is 343 Å². The third-order valence-electron chi connectivity index (χ3n) is 6.37. The Morgan fingerprint density at radius 3 is 0.364 bits per heavy atom. The predicted molar refractivity (Wildman–Crippen MR) is 229 cm³/mol. The van der Waals surface area contributed by atoms with E-state index < -0.39 is 0 Å². The van der Waals surface area contributed by atoms with Crippen molar-refractivity contribution in [3.05, 3.63) is 176 Å². The van der Waals surface area contributed by atoms with Crippen LogP contribution in [0, 0.1) is 0 Å². The van der Waals surface area contributed by atoms with Gasteiger partial charge in [0.15, 0.2) is 0 Å². The van der Waals surface area contributed by atoms with Crippen LogP contribution in [-0.4, -0.2) is 52.9 Å². The molecule has 2 heterocycles. The van der Waals surface area contributed by atoms with Gasteiger partial charge in [0.05, 0.1) is 52.9 Å². The topological polar surface area (TPSA) is 175 Å². The summed E-state index contributed by atoms with van der Waals surface area (Å²) in [5, 5.41) is 65.8. The quantitative estimate of drug-likeness (QED) is 0.133. The fourth-order valence-electron chi connectivity index (χ4n) is 3.49. The first-order valence-corrected chi connectivity index (χ1v) is 19.9. The smallest absolute Gasteiger partial charge is 0.872 e. The molecule has 10 nitrogen and oxygen atoms in total. The number of rotatable bonds is 0. The van der Waals surface area contributed by atoms with E-state index in [1.165, 1.54) is 72.8 Å². The first-order valence-electron chi connectivity index (χ1n) is 17.6. The molecule has 324 valence electrons. The van der Waals surface area contributed by atoms with Gasteiger partial charge in [-0.25, -0.2) is 0 Å². The molecule has 2 aliphatic heterocycles. The monoisotopic (exact) mass is 1170 g/mol.